The van der Waals surface area contributed by atoms with Gasteiger partial charge in [-0.3, -0.25) is 4.79 Å². The molecule has 0 bridgehead atoms. The molecule has 1 fully saturated rings. The number of hydrogen-bond donors (Lipinski definition) is 1. The van der Waals surface area contributed by atoms with Crippen molar-refractivity contribution in [1.29, 1.82) is 0 Å². The third kappa shape index (κ3) is 2.70. The van der Waals surface area contributed by atoms with Gasteiger partial charge in [0.1, 0.15) is 0 Å². The SMILES string of the molecule is C=C=CC(=O)NC1CN(S(=O)(=O)N(C)C)C1. The van der Waals surface area contributed by atoms with E-state index < -0.39 is 10.2 Å². The molecule has 0 radical (unpaired) electrons. The van der Waals surface area contributed by atoms with Crippen molar-refractivity contribution in [1.82, 2.24) is 13.9 Å². The van der Waals surface area contributed by atoms with Crippen molar-refractivity contribution in [2.45, 2.75) is 6.04 Å². The zero-order valence-electron chi connectivity index (χ0n) is 9.30. The molecule has 1 aliphatic rings. The lowest BCUT2D eigenvalue weighted by atomic mass is 10.2. The molecule has 1 N–H and O–H groups in total. The standard InChI is InChI=1S/C9H15N3O3S/c1-4-5-9(13)10-8-6-12(7-8)16(14,15)11(2)3/h5,8H,1,6-7H2,2-3H3,(H,10,13). The van der Waals surface area contributed by atoms with Gasteiger partial charge in [0.2, 0.25) is 0 Å². The molecule has 1 saturated heterocycles. The van der Waals surface area contributed by atoms with E-state index in [1.807, 2.05) is 0 Å². The molecule has 7 heteroatoms. The van der Waals surface area contributed by atoms with E-state index in [2.05, 4.69) is 17.6 Å². The summed E-state index contributed by atoms with van der Waals surface area (Å²) in [5.74, 6) is -0.304. The molecule has 0 aromatic heterocycles. The third-order valence-corrected chi connectivity index (χ3v) is 4.09. The minimum Gasteiger partial charge on any atom is -0.347 e. The fraction of sp³-hybridized carbons (Fsp3) is 0.556. The predicted octanol–water partition coefficient (Wildman–Crippen LogP) is -1.07. The Morgan fingerprint density at radius 2 is 2.12 bits per heavy atom. The van der Waals surface area contributed by atoms with Crippen LogP contribution < -0.4 is 5.32 Å². The Morgan fingerprint density at radius 3 is 2.56 bits per heavy atom. The molecule has 0 aromatic carbocycles. The zero-order valence-corrected chi connectivity index (χ0v) is 10.1. The minimum absolute atomic E-state index is 0.133. The average molecular weight is 245 g/mol. The van der Waals surface area contributed by atoms with Crippen molar-refractivity contribution in [2.24, 2.45) is 0 Å². The Kier molecular flexibility index (Phi) is 3.88. The molecule has 1 heterocycles. The van der Waals surface area contributed by atoms with Crippen LogP contribution in [0.2, 0.25) is 0 Å². The number of carbonyl (C=O) groups excluding carboxylic acids is 1. The Labute approximate surface area is 95.4 Å². The van der Waals surface area contributed by atoms with Gasteiger partial charge in [-0.1, -0.05) is 6.58 Å². The van der Waals surface area contributed by atoms with E-state index in [-0.39, 0.29) is 11.9 Å². The Morgan fingerprint density at radius 1 is 1.56 bits per heavy atom. The van der Waals surface area contributed by atoms with Crippen molar-refractivity contribution in [3.05, 3.63) is 18.4 Å². The summed E-state index contributed by atoms with van der Waals surface area (Å²) < 4.78 is 25.6. The van der Waals surface area contributed by atoms with Gasteiger partial charge in [-0.15, -0.1) is 5.73 Å². The second-order valence-corrected chi connectivity index (χ2v) is 5.80. The second kappa shape index (κ2) is 4.80. The van der Waals surface area contributed by atoms with E-state index in [9.17, 15) is 13.2 Å². The highest BCUT2D eigenvalue weighted by Crippen LogP contribution is 2.14. The number of nitrogens with one attached hydrogen (secondary N) is 1. The highest BCUT2D eigenvalue weighted by molar-refractivity contribution is 7.86. The van der Waals surface area contributed by atoms with Crippen molar-refractivity contribution in [3.8, 4) is 0 Å². The first kappa shape index (κ1) is 12.9. The summed E-state index contributed by atoms with van der Waals surface area (Å²) in [4.78, 5) is 11.1. The molecular weight excluding hydrogens is 230 g/mol. The van der Waals surface area contributed by atoms with Crippen LogP contribution in [-0.2, 0) is 15.0 Å². The van der Waals surface area contributed by atoms with Crippen molar-refractivity contribution < 1.29 is 13.2 Å². The molecule has 0 saturated carbocycles. The van der Waals surface area contributed by atoms with E-state index in [0.717, 1.165) is 4.31 Å². The van der Waals surface area contributed by atoms with Crippen LogP contribution in [0.5, 0.6) is 0 Å². The molecule has 0 unspecified atom stereocenters. The maximum absolute atomic E-state index is 11.6. The highest BCUT2D eigenvalue weighted by Gasteiger charge is 2.37. The zero-order chi connectivity index (χ0) is 12.3. The van der Waals surface area contributed by atoms with E-state index in [4.69, 9.17) is 0 Å². The normalized spacial score (nSPS) is 17.7. The van der Waals surface area contributed by atoms with E-state index in [1.165, 1.54) is 24.5 Å². The van der Waals surface area contributed by atoms with Gasteiger partial charge in [0.25, 0.3) is 16.1 Å². The molecule has 1 aliphatic heterocycles. The van der Waals surface area contributed by atoms with E-state index >= 15 is 0 Å². The molecule has 1 rings (SSSR count). The molecule has 1 amide bonds. The topological polar surface area (TPSA) is 69.7 Å². The number of hydrogen-bond acceptors (Lipinski definition) is 3. The fourth-order valence-electron chi connectivity index (χ4n) is 1.28. The second-order valence-electron chi connectivity index (χ2n) is 3.66. The third-order valence-electron chi connectivity index (χ3n) is 2.22. The first-order chi connectivity index (χ1) is 7.37. The molecular formula is C9H15N3O3S. The van der Waals surface area contributed by atoms with Crippen LogP contribution in [0.25, 0.3) is 0 Å². The number of amides is 1. The highest BCUT2D eigenvalue weighted by atomic mass is 32.2. The van der Waals surface area contributed by atoms with Crippen molar-refractivity contribution in [3.63, 3.8) is 0 Å². The maximum atomic E-state index is 11.6. The molecule has 6 nitrogen and oxygen atoms in total. The van der Waals surface area contributed by atoms with Crippen LogP contribution in [0.15, 0.2) is 18.4 Å². The van der Waals surface area contributed by atoms with Gasteiger partial charge in [0.15, 0.2) is 0 Å². The van der Waals surface area contributed by atoms with Crippen LogP contribution >= 0.6 is 0 Å². The lowest BCUT2D eigenvalue weighted by Gasteiger charge is -2.39. The van der Waals surface area contributed by atoms with Gasteiger partial charge in [-0.05, 0) is 0 Å². The van der Waals surface area contributed by atoms with Crippen LogP contribution in [-0.4, -0.2) is 56.2 Å². The molecule has 0 aromatic rings. The summed E-state index contributed by atoms with van der Waals surface area (Å²) in [5, 5.41) is 2.64. The number of nitrogens with zero attached hydrogens (tertiary/aromatic N) is 2. The number of carbonyl (C=O) groups is 1. The summed E-state index contributed by atoms with van der Waals surface area (Å²) in [7, 11) is -0.396. The summed E-state index contributed by atoms with van der Waals surface area (Å²) in [6.45, 7) is 3.88. The Hall–Kier alpha value is -1.14. The van der Waals surface area contributed by atoms with E-state index in [0.29, 0.717) is 13.1 Å². The van der Waals surface area contributed by atoms with Crippen molar-refractivity contribution >= 4 is 16.1 Å². The summed E-state index contributed by atoms with van der Waals surface area (Å²) in [6.07, 6.45) is 1.18. The van der Waals surface area contributed by atoms with Gasteiger partial charge < -0.3 is 5.32 Å². The Balaban J connectivity index is 2.45. The van der Waals surface area contributed by atoms with Crippen LogP contribution in [0.1, 0.15) is 0 Å². The maximum Gasteiger partial charge on any atom is 0.281 e. The van der Waals surface area contributed by atoms with Gasteiger partial charge >= 0.3 is 0 Å². The average Bonchev–Trinajstić information content (AvgIpc) is 2.10. The lowest BCUT2D eigenvalue weighted by molar-refractivity contribution is -0.117. The van der Waals surface area contributed by atoms with Crippen LogP contribution in [0, 0.1) is 0 Å². The summed E-state index contributed by atoms with van der Waals surface area (Å²) in [6, 6.07) is -0.133. The van der Waals surface area contributed by atoms with E-state index in [1.54, 1.807) is 0 Å². The monoisotopic (exact) mass is 245 g/mol. The summed E-state index contributed by atoms with van der Waals surface area (Å²) in [5.41, 5.74) is 2.35. The van der Waals surface area contributed by atoms with Gasteiger partial charge in [0, 0.05) is 33.3 Å². The van der Waals surface area contributed by atoms with Gasteiger partial charge in [0.05, 0.1) is 6.04 Å². The smallest absolute Gasteiger partial charge is 0.281 e. The van der Waals surface area contributed by atoms with Crippen LogP contribution in [0.3, 0.4) is 0 Å². The largest absolute Gasteiger partial charge is 0.347 e. The minimum atomic E-state index is -3.34. The molecule has 90 valence electrons. The molecule has 16 heavy (non-hydrogen) atoms. The molecule has 0 spiro atoms. The predicted molar refractivity (Wildman–Crippen MR) is 59.8 cm³/mol. The lowest BCUT2D eigenvalue weighted by Crippen LogP contribution is -2.62. The first-order valence-corrected chi connectivity index (χ1v) is 6.11. The van der Waals surface area contributed by atoms with Gasteiger partial charge in [-0.2, -0.15) is 17.0 Å². The molecule has 0 aliphatic carbocycles. The molecule has 0 atom stereocenters. The first-order valence-electron chi connectivity index (χ1n) is 4.72. The quantitative estimate of drug-likeness (QED) is 0.507. The Bertz CT molecular complexity index is 417. The van der Waals surface area contributed by atoms with Crippen LogP contribution in [0.4, 0.5) is 0 Å². The summed E-state index contributed by atoms with van der Waals surface area (Å²) >= 11 is 0. The fourth-order valence-corrected chi connectivity index (χ4v) is 2.48. The van der Waals surface area contributed by atoms with Gasteiger partial charge in [-0.25, -0.2) is 0 Å². The number of rotatable bonds is 4. The van der Waals surface area contributed by atoms with Crippen molar-refractivity contribution in [2.75, 3.05) is 27.2 Å².